The monoisotopic (exact) mass is 704 g/mol. The Balaban J connectivity index is 0.000000273. The molecule has 0 aliphatic heterocycles. The molecule has 4 aromatic rings. The first kappa shape index (κ1) is 29.3. The van der Waals surface area contributed by atoms with E-state index in [0.29, 0.717) is 5.92 Å². The molecule has 6 rings (SSSR count). The molecular formula is C31H39N7Pt. The molecule has 4 aromatic heterocycles. The van der Waals surface area contributed by atoms with Gasteiger partial charge in [-0.25, -0.2) is 4.98 Å². The fraction of sp³-hybridized carbons (Fsp3) is 0.516. The topological polar surface area (TPSA) is 92.7 Å². The van der Waals surface area contributed by atoms with E-state index in [4.69, 9.17) is 4.98 Å². The zero-order valence-corrected chi connectivity index (χ0v) is 26.8. The second-order valence-electron chi connectivity index (χ2n) is 13.6. The first-order chi connectivity index (χ1) is 17.7. The van der Waals surface area contributed by atoms with Gasteiger partial charge in [-0.05, 0) is 52.8 Å². The summed E-state index contributed by atoms with van der Waals surface area (Å²) in [6.45, 7) is 20.0. The Labute approximate surface area is 246 Å². The molecule has 0 aromatic carbocycles. The van der Waals surface area contributed by atoms with Gasteiger partial charge >= 0.3 is 21.1 Å². The van der Waals surface area contributed by atoms with E-state index >= 15 is 0 Å². The third kappa shape index (κ3) is 5.03. The van der Waals surface area contributed by atoms with Crippen LogP contribution in [-0.2, 0) is 37.3 Å². The second-order valence-corrected chi connectivity index (χ2v) is 13.6. The van der Waals surface area contributed by atoms with Gasteiger partial charge in [0.05, 0.1) is 23.8 Å². The van der Waals surface area contributed by atoms with Gasteiger partial charge in [0.2, 0.25) is 0 Å². The minimum absolute atomic E-state index is 0. The summed E-state index contributed by atoms with van der Waals surface area (Å²) in [5, 5.41) is 17.8. The number of nitrogens with zero attached hydrogens (tertiary/aromatic N) is 7. The minimum atomic E-state index is -0.0471. The maximum atomic E-state index is 4.84. The minimum Gasteiger partial charge on any atom is -0.573 e. The Morgan fingerprint density at radius 2 is 1.51 bits per heavy atom. The van der Waals surface area contributed by atoms with Crippen molar-refractivity contribution in [1.82, 2.24) is 35.3 Å². The molecule has 2 unspecified atom stereocenters. The molecule has 7 nitrogen and oxygen atoms in total. The number of rotatable bonds is 2. The molecule has 2 bridgehead atoms. The van der Waals surface area contributed by atoms with E-state index in [1.165, 1.54) is 29.7 Å². The Hall–Kier alpha value is -2.66. The predicted molar refractivity (Wildman–Crippen MR) is 150 cm³/mol. The van der Waals surface area contributed by atoms with Gasteiger partial charge in [0.1, 0.15) is 0 Å². The van der Waals surface area contributed by atoms with Crippen molar-refractivity contribution in [3.8, 4) is 22.8 Å². The van der Waals surface area contributed by atoms with Crippen molar-refractivity contribution in [1.29, 1.82) is 0 Å². The summed E-state index contributed by atoms with van der Waals surface area (Å²) in [6.07, 6.45) is 9.57. The smallest absolute Gasteiger partial charge is 0.573 e. The Bertz CT molecular complexity index is 1440. The summed E-state index contributed by atoms with van der Waals surface area (Å²) < 4.78 is 0. The maximum absolute atomic E-state index is 4.84. The van der Waals surface area contributed by atoms with Crippen molar-refractivity contribution >= 4 is 0 Å². The van der Waals surface area contributed by atoms with Crippen molar-refractivity contribution in [2.45, 2.75) is 97.3 Å². The van der Waals surface area contributed by atoms with E-state index < -0.39 is 0 Å². The number of pyridine rings is 1. The summed E-state index contributed by atoms with van der Waals surface area (Å²) >= 11 is 0. The molecule has 1 fully saturated rings. The van der Waals surface area contributed by atoms with Gasteiger partial charge in [-0.15, -0.1) is 0 Å². The second kappa shape index (κ2) is 10.1. The van der Waals surface area contributed by atoms with Crippen LogP contribution in [0, 0.1) is 5.41 Å². The molecule has 2 aliphatic carbocycles. The van der Waals surface area contributed by atoms with Crippen LogP contribution in [0.2, 0.25) is 0 Å². The van der Waals surface area contributed by atoms with Crippen LogP contribution >= 0.6 is 0 Å². The van der Waals surface area contributed by atoms with Gasteiger partial charge in [-0.2, -0.15) is 0 Å². The molecule has 0 saturated heterocycles. The van der Waals surface area contributed by atoms with Crippen molar-refractivity contribution in [3.05, 3.63) is 65.5 Å². The molecule has 0 spiro atoms. The number of fused-ring (bicyclic) bond motifs is 5. The number of hydrogen-bond donors (Lipinski definition) is 0. The van der Waals surface area contributed by atoms with Crippen molar-refractivity contribution in [2.24, 2.45) is 5.41 Å². The van der Waals surface area contributed by atoms with Crippen LogP contribution in [0.5, 0.6) is 0 Å². The summed E-state index contributed by atoms with van der Waals surface area (Å²) in [6, 6.07) is 6.11. The van der Waals surface area contributed by atoms with Crippen molar-refractivity contribution in [3.63, 3.8) is 0 Å². The average molecular weight is 705 g/mol. The molecule has 2 aliphatic rings. The largest absolute Gasteiger partial charge is 2.00 e. The Kier molecular flexibility index (Phi) is 7.57. The van der Waals surface area contributed by atoms with Gasteiger partial charge in [-0.1, -0.05) is 79.8 Å². The van der Waals surface area contributed by atoms with Crippen LogP contribution in [0.15, 0.2) is 43.0 Å². The van der Waals surface area contributed by atoms with E-state index in [-0.39, 0.29) is 42.7 Å². The quantitative estimate of drug-likeness (QED) is 0.240. The fourth-order valence-electron chi connectivity index (χ4n) is 5.92. The first-order valence-corrected chi connectivity index (χ1v) is 13.5. The zero-order valence-electron chi connectivity index (χ0n) is 24.5. The average Bonchev–Trinajstić information content (AvgIpc) is 3.60. The summed E-state index contributed by atoms with van der Waals surface area (Å²) in [5.74, 6) is 0.481. The molecule has 208 valence electrons. The normalized spacial score (nSPS) is 21.1. The molecule has 4 heterocycles. The van der Waals surface area contributed by atoms with Crippen molar-refractivity contribution in [2.75, 3.05) is 0 Å². The van der Waals surface area contributed by atoms with Crippen LogP contribution in [0.3, 0.4) is 0 Å². The van der Waals surface area contributed by atoms with Crippen LogP contribution in [-0.4, -0.2) is 25.1 Å². The van der Waals surface area contributed by atoms with Gasteiger partial charge < -0.3 is 20.4 Å². The van der Waals surface area contributed by atoms with Crippen molar-refractivity contribution < 1.29 is 21.1 Å². The standard InChI is InChI=1S/C22H26N6.C9H13N.Pt/c1-20(2,3)16-9-13(25-26-16)14-10-23-11-15(24-14)18-17-12-7-8-22(6,21(12,4)5)19(17)28-27-18;1-9(2,3)8-4-6-10-7-5-8;/h9-12H,7-8H2,1-6H3;4-7H,1-3H3;/q-2;;+2. The molecule has 0 radical (unpaired) electrons. The SMILES string of the molecule is CC(C)(C)c1cc(-c2cncc(-c3[n-]nc4c3C3CCC4(C)C3(C)C)n2)[n-]n1.CC(C)(C)c1ccncc1.[Pt+2]. The van der Waals surface area contributed by atoms with Crippen LogP contribution in [0.1, 0.15) is 104 Å². The third-order valence-corrected chi connectivity index (χ3v) is 8.85. The molecular weight excluding hydrogens is 665 g/mol. The van der Waals surface area contributed by atoms with E-state index in [0.717, 1.165) is 28.5 Å². The van der Waals surface area contributed by atoms with E-state index in [1.807, 2.05) is 18.5 Å². The maximum Gasteiger partial charge on any atom is 2.00 e. The van der Waals surface area contributed by atoms with E-state index in [2.05, 4.69) is 105 Å². The summed E-state index contributed by atoms with van der Waals surface area (Å²) in [4.78, 5) is 13.2. The van der Waals surface area contributed by atoms with Gasteiger partial charge in [0, 0.05) is 34.6 Å². The van der Waals surface area contributed by atoms with Gasteiger partial charge in [0.15, 0.2) is 0 Å². The number of aromatic nitrogens is 7. The molecule has 1 saturated carbocycles. The van der Waals surface area contributed by atoms with Crippen LogP contribution in [0.4, 0.5) is 0 Å². The van der Waals surface area contributed by atoms with E-state index in [1.54, 1.807) is 12.4 Å². The van der Waals surface area contributed by atoms with Crippen LogP contribution in [0.25, 0.3) is 22.8 Å². The third-order valence-electron chi connectivity index (χ3n) is 8.85. The molecule has 2 atom stereocenters. The van der Waals surface area contributed by atoms with Gasteiger partial charge in [-0.3, -0.25) is 9.97 Å². The molecule has 0 N–H and O–H groups in total. The molecule has 39 heavy (non-hydrogen) atoms. The predicted octanol–water partition coefficient (Wildman–Crippen LogP) is 6.36. The van der Waals surface area contributed by atoms with Crippen LogP contribution < -0.4 is 10.2 Å². The summed E-state index contributed by atoms with van der Waals surface area (Å²) in [5.41, 5.74) is 8.40. The zero-order chi connectivity index (χ0) is 27.5. The van der Waals surface area contributed by atoms with Gasteiger partial charge in [0.25, 0.3) is 0 Å². The Morgan fingerprint density at radius 1 is 0.846 bits per heavy atom. The number of hydrogen-bond acceptors (Lipinski definition) is 5. The van der Waals surface area contributed by atoms with E-state index in [9.17, 15) is 0 Å². The Morgan fingerprint density at radius 3 is 2.10 bits per heavy atom. The molecule has 8 heteroatoms. The first-order valence-electron chi connectivity index (χ1n) is 13.5. The fourth-order valence-corrected chi connectivity index (χ4v) is 5.92. The molecule has 0 amide bonds. The summed E-state index contributed by atoms with van der Waals surface area (Å²) in [7, 11) is 0.